The number of hydrogen-bond acceptors (Lipinski definition) is 2. The van der Waals surface area contributed by atoms with E-state index in [2.05, 4.69) is 37.4 Å². The number of hydrogen-bond donors (Lipinski definition) is 0. The molecule has 3 heteroatoms. The lowest BCUT2D eigenvalue weighted by molar-refractivity contribution is 0.130. The van der Waals surface area contributed by atoms with E-state index in [1.54, 1.807) is 0 Å². The Labute approximate surface area is 119 Å². The lowest BCUT2D eigenvalue weighted by atomic mass is 9.96. The largest absolute Gasteiger partial charge is 0.394 e. The topological polar surface area (TPSA) is 18.5 Å². The molecule has 0 saturated heterocycles. The summed E-state index contributed by atoms with van der Waals surface area (Å²) in [7, 11) is -1.92. The molecule has 0 spiro atoms. The van der Waals surface area contributed by atoms with E-state index in [-0.39, 0.29) is 0 Å². The molecule has 0 unspecified atom stereocenters. The molecule has 0 saturated carbocycles. The van der Waals surface area contributed by atoms with Crippen LogP contribution in [0.5, 0.6) is 0 Å². The summed E-state index contributed by atoms with van der Waals surface area (Å²) in [6.45, 7) is 6.14. The van der Waals surface area contributed by atoms with Crippen molar-refractivity contribution >= 4 is 8.56 Å². The van der Waals surface area contributed by atoms with Crippen LogP contribution in [-0.4, -0.2) is 21.8 Å². The quantitative estimate of drug-likeness (QED) is 0.529. The zero-order valence-electron chi connectivity index (χ0n) is 12.4. The molecular weight excluding hydrogens is 252 g/mol. The van der Waals surface area contributed by atoms with Gasteiger partial charge in [0.25, 0.3) is 0 Å². The van der Waals surface area contributed by atoms with Crippen LogP contribution in [0, 0.1) is 11.8 Å². The first-order valence-corrected chi connectivity index (χ1v) is 10.6. The molecule has 0 N–H and O–H groups in total. The van der Waals surface area contributed by atoms with Gasteiger partial charge in [-0.05, 0) is 63.5 Å². The smallest absolute Gasteiger partial charge is 0.331 e. The fraction of sp³-hybridized carbons (Fsp3) is 0.750. The van der Waals surface area contributed by atoms with E-state index in [4.69, 9.17) is 8.85 Å². The lowest BCUT2D eigenvalue weighted by Gasteiger charge is -2.29. The highest BCUT2D eigenvalue weighted by atomic mass is 28.4. The van der Waals surface area contributed by atoms with E-state index in [9.17, 15) is 0 Å². The Morgan fingerprint density at radius 2 is 1.32 bits per heavy atom. The molecule has 0 aromatic carbocycles. The number of allylic oxidation sites excluding steroid dienone is 4. The van der Waals surface area contributed by atoms with E-state index < -0.39 is 8.56 Å². The minimum Gasteiger partial charge on any atom is -0.394 e. The van der Waals surface area contributed by atoms with Crippen molar-refractivity contribution in [2.75, 3.05) is 13.2 Å². The highest BCUT2D eigenvalue weighted by Crippen LogP contribution is 2.23. The number of rotatable bonds is 6. The molecule has 0 heterocycles. The van der Waals surface area contributed by atoms with Gasteiger partial charge in [0.2, 0.25) is 0 Å². The van der Waals surface area contributed by atoms with Crippen LogP contribution < -0.4 is 0 Å². The van der Waals surface area contributed by atoms with E-state index in [0.29, 0.717) is 11.8 Å². The van der Waals surface area contributed by atoms with Gasteiger partial charge in [0.15, 0.2) is 0 Å². The van der Waals surface area contributed by atoms with Gasteiger partial charge in [-0.3, -0.25) is 0 Å². The maximum atomic E-state index is 6.12. The van der Waals surface area contributed by atoms with Crippen LogP contribution in [0.1, 0.15) is 38.5 Å². The van der Waals surface area contributed by atoms with Gasteiger partial charge in [0.1, 0.15) is 0 Å². The third-order valence-electron chi connectivity index (χ3n) is 4.09. The first-order valence-electron chi connectivity index (χ1n) is 7.73. The van der Waals surface area contributed by atoms with Crippen molar-refractivity contribution in [3.05, 3.63) is 24.3 Å². The molecule has 2 nitrogen and oxygen atoms in total. The molecule has 0 amide bonds. The fourth-order valence-corrected chi connectivity index (χ4v) is 4.05. The molecule has 108 valence electrons. The molecule has 0 radical (unpaired) electrons. The van der Waals surface area contributed by atoms with Crippen LogP contribution in [0.4, 0.5) is 0 Å². The van der Waals surface area contributed by atoms with Crippen LogP contribution in [0.15, 0.2) is 24.3 Å². The average molecular weight is 280 g/mol. The second-order valence-corrected chi connectivity index (χ2v) is 9.70. The van der Waals surface area contributed by atoms with Crippen LogP contribution in [0.3, 0.4) is 0 Å². The summed E-state index contributed by atoms with van der Waals surface area (Å²) in [5.41, 5.74) is 0. The highest BCUT2D eigenvalue weighted by Gasteiger charge is 2.27. The first kappa shape index (κ1) is 15.0. The SMILES string of the molecule is C[Si](C)(OC[C@@H]1CC=CCC1)OC[C@@H]1CC=CCC1. The predicted octanol–water partition coefficient (Wildman–Crippen LogP) is 4.43. The minimum atomic E-state index is -1.92. The molecule has 0 aromatic heterocycles. The van der Waals surface area contributed by atoms with Crippen molar-refractivity contribution in [1.29, 1.82) is 0 Å². The summed E-state index contributed by atoms with van der Waals surface area (Å²) in [4.78, 5) is 0. The van der Waals surface area contributed by atoms with Crippen LogP contribution in [-0.2, 0) is 8.85 Å². The summed E-state index contributed by atoms with van der Waals surface area (Å²) < 4.78 is 12.2. The van der Waals surface area contributed by atoms with Crippen molar-refractivity contribution < 1.29 is 8.85 Å². The molecule has 0 aliphatic heterocycles. The van der Waals surface area contributed by atoms with Crippen molar-refractivity contribution in [1.82, 2.24) is 0 Å². The van der Waals surface area contributed by atoms with Crippen LogP contribution >= 0.6 is 0 Å². The molecule has 19 heavy (non-hydrogen) atoms. The zero-order valence-corrected chi connectivity index (χ0v) is 13.4. The van der Waals surface area contributed by atoms with Gasteiger partial charge < -0.3 is 8.85 Å². The van der Waals surface area contributed by atoms with Gasteiger partial charge >= 0.3 is 8.56 Å². The Morgan fingerprint density at radius 3 is 1.68 bits per heavy atom. The van der Waals surface area contributed by atoms with E-state index in [1.807, 2.05) is 0 Å². The van der Waals surface area contributed by atoms with Crippen molar-refractivity contribution in [3.63, 3.8) is 0 Å². The minimum absolute atomic E-state index is 0.706. The van der Waals surface area contributed by atoms with Crippen molar-refractivity contribution in [2.24, 2.45) is 11.8 Å². The van der Waals surface area contributed by atoms with Gasteiger partial charge in [0, 0.05) is 13.2 Å². The highest BCUT2D eigenvalue weighted by molar-refractivity contribution is 6.64. The molecule has 2 aliphatic rings. The Balaban J connectivity index is 1.65. The first-order chi connectivity index (χ1) is 9.16. The van der Waals surface area contributed by atoms with Gasteiger partial charge in [-0.25, -0.2) is 0 Å². The third kappa shape index (κ3) is 5.63. The van der Waals surface area contributed by atoms with Gasteiger partial charge in [-0.2, -0.15) is 0 Å². The van der Waals surface area contributed by atoms with E-state index >= 15 is 0 Å². The summed E-state index contributed by atoms with van der Waals surface area (Å²) in [5.74, 6) is 1.41. The molecule has 2 atom stereocenters. The Bertz CT molecular complexity index is 293. The monoisotopic (exact) mass is 280 g/mol. The van der Waals surface area contributed by atoms with E-state index in [0.717, 1.165) is 13.2 Å². The van der Waals surface area contributed by atoms with E-state index in [1.165, 1.54) is 38.5 Å². The normalized spacial score (nSPS) is 27.7. The summed E-state index contributed by atoms with van der Waals surface area (Å²) in [6, 6.07) is 0. The maximum absolute atomic E-state index is 6.12. The molecule has 0 fully saturated rings. The second-order valence-electron chi connectivity index (χ2n) is 6.32. The maximum Gasteiger partial charge on any atom is 0.331 e. The standard InChI is InChI=1S/C16H28O2Si/c1-19(2,17-13-15-9-5-3-6-10-15)18-14-16-11-7-4-8-12-16/h3-5,7,15-16H,6,8-14H2,1-2H3/t15-,16-/m1/s1. The summed E-state index contributed by atoms with van der Waals surface area (Å²) in [5, 5.41) is 0. The molecule has 0 bridgehead atoms. The molecular formula is C16H28O2Si. The Hall–Kier alpha value is -0.383. The molecule has 2 rings (SSSR count). The molecule has 2 aliphatic carbocycles. The summed E-state index contributed by atoms with van der Waals surface area (Å²) in [6.07, 6.45) is 16.5. The van der Waals surface area contributed by atoms with Gasteiger partial charge in [0.05, 0.1) is 0 Å². The van der Waals surface area contributed by atoms with Gasteiger partial charge in [-0.15, -0.1) is 0 Å². The Kier molecular flexibility index (Phi) is 5.86. The van der Waals surface area contributed by atoms with Gasteiger partial charge in [-0.1, -0.05) is 24.3 Å². The Morgan fingerprint density at radius 1 is 0.842 bits per heavy atom. The van der Waals surface area contributed by atoms with Crippen LogP contribution in [0.2, 0.25) is 13.1 Å². The fourth-order valence-electron chi connectivity index (χ4n) is 2.69. The van der Waals surface area contributed by atoms with Crippen molar-refractivity contribution in [2.45, 2.75) is 51.6 Å². The molecule has 0 aromatic rings. The second kappa shape index (κ2) is 7.41. The van der Waals surface area contributed by atoms with Crippen LogP contribution in [0.25, 0.3) is 0 Å². The lowest BCUT2D eigenvalue weighted by Crippen LogP contribution is -2.38. The third-order valence-corrected chi connectivity index (χ3v) is 5.81. The predicted molar refractivity (Wildman–Crippen MR) is 82.3 cm³/mol. The summed E-state index contributed by atoms with van der Waals surface area (Å²) >= 11 is 0. The zero-order chi connectivity index (χ0) is 13.6. The average Bonchev–Trinajstić information content (AvgIpc) is 2.46. The van der Waals surface area contributed by atoms with Crippen molar-refractivity contribution in [3.8, 4) is 0 Å².